The molecule has 0 radical (unpaired) electrons. The summed E-state index contributed by atoms with van der Waals surface area (Å²) in [7, 11) is 0.637. The normalized spacial score (nSPS) is 18.5. The minimum atomic E-state index is -0.680. The molecule has 0 aromatic carbocycles. The number of ether oxygens (including phenoxy) is 2. The first kappa shape index (κ1) is 23.4. The number of carbonyl (C=O) groups excluding carboxylic acids is 2. The maximum absolute atomic E-state index is 12.1. The molecule has 1 aromatic rings. The van der Waals surface area contributed by atoms with Gasteiger partial charge in [0.2, 0.25) is 0 Å². The number of rotatable bonds is 5. The fourth-order valence-electron chi connectivity index (χ4n) is 2.39. The van der Waals surface area contributed by atoms with E-state index in [0.717, 1.165) is 0 Å². The Morgan fingerprint density at radius 1 is 1.24 bits per heavy atom. The van der Waals surface area contributed by atoms with Crippen molar-refractivity contribution in [1.29, 1.82) is 0 Å². The lowest BCUT2D eigenvalue weighted by molar-refractivity contribution is 0.00578. The molecule has 0 spiro atoms. The van der Waals surface area contributed by atoms with Crippen LogP contribution in [0.1, 0.15) is 63.1 Å². The van der Waals surface area contributed by atoms with E-state index in [1.165, 1.54) is 24.6 Å². The number of alkyl carbamates (subject to hydrolysis) is 1. The second kappa shape index (κ2) is 8.45. The Hall–Kier alpha value is -1.91. The zero-order valence-corrected chi connectivity index (χ0v) is 19.1. The highest BCUT2D eigenvalue weighted by Gasteiger charge is 2.52. The third-order valence-electron chi connectivity index (χ3n) is 4.61. The molecule has 2 rings (SSSR count). The molecule has 0 aliphatic carbocycles. The molecule has 2 heterocycles. The van der Waals surface area contributed by atoms with Gasteiger partial charge in [-0.3, -0.25) is 0 Å². The summed E-state index contributed by atoms with van der Waals surface area (Å²) in [5, 5.41) is 3.30. The number of hydrogen-bond donors (Lipinski definition) is 1. The smallest absolute Gasteiger partial charge is 0.465 e. The summed E-state index contributed by atoms with van der Waals surface area (Å²) in [6.07, 6.45) is 2.65. The first-order valence-electron chi connectivity index (χ1n) is 9.31. The van der Waals surface area contributed by atoms with Gasteiger partial charge in [-0.05, 0) is 60.0 Å². The summed E-state index contributed by atoms with van der Waals surface area (Å²) in [4.78, 5) is 28.4. The van der Waals surface area contributed by atoms with Crippen molar-refractivity contribution >= 4 is 36.6 Å². The zero-order valence-electron chi connectivity index (χ0n) is 18.2. The predicted molar refractivity (Wildman–Crippen MR) is 112 cm³/mol. The predicted octanol–water partition coefficient (Wildman–Crippen LogP) is 3.47. The van der Waals surface area contributed by atoms with Crippen LogP contribution in [0.25, 0.3) is 6.08 Å². The van der Waals surface area contributed by atoms with Gasteiger partial charge in [-0.1, -0.05) is 0 Å². The minimum absolute atomic E-state index is 0.138. The van der Waals surface area contributed by atoms with Gasteiger partial charge in [0.1, 0.15) is 15.5 Å². The van der Waals surface area contributed by atoms with Crippen LogP contribution in [-0.2, 0) is 18.8 Å². The zero-order chi connectivity index (χ0) is 22.0. The molecule has 0 unspecified atom stereocenters. The Kier molecular flexibility index (Phi) is 6.81. The van der Waals surface area contributed by atoms with Gasteiger partial charge in [0.15, 0.2) is 0 Å². The van der Waals surface area contributed by atoms with Gasteiger partial charge in [-0.2, -0.15) is 0 Å². The summed E-state index contributed by atoms with van der Waals surface area (Å²) in [5.74, 6) is -0.453. The van der Waals surface area contributed by atoms with Crippen molar-refractivity contribution in [2.45, 2.75) is 65.3 Å². The van der Waals surface area contributed by atoms with Crippen LogP contribution in [0.5, 0.6) is 0 Å². The number of amides is 1. The number of methoxy groups -OCH3 is 1. The molecular weight excluding hydrogens is 395 g/mol. The van der Waals surface area contributed by atoms with E-state index in [4.69, 9.17) is 18.8 Å². The molecule has 0 atom stereocenters. The van der Waals surface area contributed by atoms with Crippen molar-refractivity contribution in [2.24, 2.45) is 0 Å². The van der Waals surface area contributed by atoms with E-state index >= 15 is 0 Å². The molecule has 0 bridgehead atoms. The Labute approximate surface area is 176 Å². The van der Waals surface area contributed by atoms with E-state index in [1.807, 2.05) is 27.7 Å². The van der Waals surface area contributed by atoms with Gasteiger partial charge in [0, 0.05) is 6.54 Å². The quantitative estimate of drug-likeness (QED) is 0.571. The molecule has 1 aromatic heterocycles. The molecule has 1 N–H and O–H groups in total. The minimum Gasteiger partial charge on any atom is -0.465 e. The standard InChI is InChI=1S/C19H29BN2O6S/c1-17(2,3)26-16(24)22-10-12(20-27-18(4,5)19(6,7)28-20)9-14-21-11-13(29-14)15(23)25-8/h9,11H,10H2,1-8H3,(H,22,24). The summed E-state index contributed by atoms with van der Waals surface area (Å²) < 4.78 is 22.2. The highest BCUT2D eigenvalue weighted by molar-refractivity contribution is 7.14. The van der Waals surface area contributed by atoms with Crippen molar-refractivity contribution in [3.05, 3.63) is 21.6 Å². The second-order valence-electron chi connectivity index (χ2n) is 8.72. The topological polar surface area (TPSA) is 96.0 Å². The lowest BCUT2D eigenvalue weighted by atomic mass is 9.77. The first-order chi connectivity index (χ1) is 13.2. The Morgan fingerprint density at radius 2 is 1.83 bits per heavy atom. The summed E-state index contributed by atoms with van der Waals surface area (Å²) in [6, 6.07) is 0. The van der Waals surface area contributed by atoms with E-state index in [0.29, 0.717) is 15.4 Å². The molecule has 1 aliphatic heterocycles. The SMILES string of the molecule is COC(=O)c1cnc(C=C(CNC(=O)OC(C)(C)C)B2OC(C)(C)C(C)(C)O2)s1. The highest BCUT2D eigenvalue weighted by atomic mass is 32.1. The van der Waals surface area contributed by atoms with Crippen molar-refractivity contribution in [2.75, 3.05) is 13.7 Å². The van der Waals surface area contributed by atoms with Crippen molar-refractivity contribution in [3.63, 3.8) is 0 Å². The van der Waals surface area contributed by atoms with Gasteiger partial charge in [0.05, 0.1) is 24.5 Å². The number of carbonyl (C=O) groups is 2. The molecule has 29 heavy (non-hydrogen) atoms. The monoisotopic (exact) mass is 424 g/mol. The molecular formula is C19H29BN2O6S. The van der Waals surface area contributed by atoms with Gasteiger partial charge < -0.3 is 24.1 Å². The average molecular weight is 424 g/mol. The second-order valence-corrected chi connectivity index (χ2v) is 9.78. The third-order valence-corrected chi connectivity index (χ3v) is 5.54. The van der Waals surface area contributed by atoms with Gasteiger partial charge in [-0.15, -0.1) is 11.3 Å². The van der Waals surface area contributed by atoms with Crippen LogP contribution in [0.2, 0.25) is 0 Å². The fourth-order valence-corrected chi connectivity index (χ4v) is 3.21. The molecule has 1 aliphatic rings. The van der Waals surface area contributed by atoms with Crippen molar-refractivity contribution in [3.8, 4) is 0 Å². The summed E-state index contributed by atoms with van der Waals surface area (Å²) in [6.45, 7) is 13.3. The van der Waals surface area contributed by atoms with Crippen LogP contribution in [0.4, 0.5) is 4.79 Å². The molecule has 1 saturated heterocycles. The molecule has 8 nitrogen and oxygen atoms in total. The van der Waals surface area contributed by atoms with Gasteiger partial charge in [0.25, 0.3) is 0 Å². The van der Waals surface area contributed by atoms with E-state index in [2.05, 4.69) is 10.3 Å². The number of nitrogens with zero attached hydrogens (tertiary/aromatic N) is 1. The fraction of sp³-hybridized carbons (Fsp3) is 0.632. The van der Waals surface area contributed by atoms with Gasteiger partial charge in [-0.25, -0.2) is 14.6 Å². The van der Waals surface area contributed by atoms with E-state index < -0.39 is 36.0 Å². The lowest BCUT2D eigenvalue weighted by Gasteiger charge is -2.32. The number of hydrogen-bond acceptors (Lipinski definition) is 8. The van der Waals surface area contributed by atoms with Crippen LogP contribution < -0.4 is 5.32 Å². The Morgan fingerprint density at radius 3 is 2.34 bits per heavy atom. The molecule has 1 amide bonds. The maximum atomic E-state index is 12.1. The first-order valence-corrected chi connectivity index (χ1v) is 10.1. The number of thiazole rings is 1. The van der Waals surface area contributed by atoms with Crippen LogP contribution in [0.15, 0.2) is 11.7 Å². The van der Waals surface area contributed by atoms with Crippen LogP contribution >= 0.6 is 11.3 Å². The summed E-state index contributed by atoms with van der Waals surface area (Å²) >= 11 is 1.18. The maximum Gasteiger partial charge on any atom is 0.492 e. The van der Waals surface area contributed by atoms with Crippen LogP contribution in [0.3, 0.4) is 0 Å². The van der Waals surface area contributed by atoms with E-state index in [9.17, 15) is 9.59 Å². The molecule has 160 valence electrons. The number of nitrogens with one attached hydrogen (secondary N) is 1. The van der Waals surface area contributed by atoms with Crippen molar-refractivity contribution in [1.82, 2.24) is 10.3 Å². The Balaban J connectivity index is 2.25. The molecule has 0 saturated carbocycles. The largest absolute Gasteiger partial charge is 0.492 e. The Bertz CT molecular complexity index is 781. The summed E-state index contributed by atoms with van der Waals surface area (Å²) in [5.41, 5.74) is -1.03. The van der Waals surface area contributed by atoms with E-state index in [-0.39, 0.29) is 6.54 Å². The number of aromatic nitrogens is 1. The molecule has 1 fully saturated rings. The van der Waals surface area contributed by atoms with Crippen molar-refractivity contribution < 1.29 is 28.4 Å². The van der Waals surface area contributed by atoms with Crippen LogP contribution in [0, 0.1) is 0 Å². The lowest BCUT2D eigenvalue weighted by Crippen LogP contribution is -2.41. The molecule has 10 heteroatoms. The van der Waals surface area contributed by atoms with E-state index in [1.54, 1.807) is 26.8 Å². The number of esters is 1. The average Bonchev–Trinajstić information content (AvgIpc) is 3.11. The van der Waals surface area contributed by atoms with Crippen LogP contribution in [-0.4, -0.2) is 54.6 Å². The third kappa shape index (κ3) is 6.04. The highest BCUT2D eigenvalue weighted by Crippen LogP contribution is 2.38. The van der Waals surface area contributed by atoms with Gasteiger partial charge >= 0.3 is 19.2 Å².